The van der Waals surface area contributed by atoms with Gasteiger partial charge < -0.3 is 19.1 Å². The summed E-state index contributed by atoms with van der Waals surface area (Å²) in [5.74, 6) is -1.21. The van der Waals surface area contributed by atoms with Gasteiger partial charge in [0.05, 0.1) is 19.3 Å². The van der Waals surface area contributed by atoms with Gasteiger partial charge >= 0.3 is 21.6 Å². The van der Waals surface area contributed by atoms with Crippen molar-refractivity contribution < 1.29 is 45.5 Å². The number of hydrogen-bond acceptors (Lipinski definition) is 7. The van der Waals surface area contributed by atoms with Crippen LogP contribution in [0.5, 0.6) is 0 Å². The Morgan fingerprint density at radius 2 is 1.86 bits per heavy atom. The predicted molar refractivity (Wildman–Crippen MR) is 125 cm³/mol. The number of rotatable bonds is 16. The number of methoxy groups -OCH3 is 1. The smallest absolute Gasteiger partial charge is 0.469 e. The van der Waals surface area contributed by atoms with Gasteiger partial charge in [-0.15, -0.1) is 0 Å². The first-order valence-electron chi connectivity index (χ1n) is 12.2. The minimum Gasteiger partial charge on any atom is -0.469 e. The Bertz CT molecular complexity index is 821. The number of aliphatic hydroxyl groups is 2. The van der Waals surface area contributed by atoms with Crippen molar-refractivity contribution in [1.82, 2.24) is 0 Å². The molecule has 0 aromatic heterocycles. The molecule has 1 aliphatic carbocycles. The molecule has 0 fully saturated rings. The van der Waals surface area contributed by atoms with Crippen LogP contribution in [0.4, 0.5) is 13.2 Å². The van der Waals surface area contributed by atoms with E-state index in [2.05, 4.69) is 15.8 Å². The second-order valence-electron chi connectivity index (χ2n) is 9.15. The Kier molecular flexibility index (Phi) is 13.3. The molecule has 1 rings (SSSR count). The molecular formula is C24H39F3O7S. The molecule has 1 aliphatic rings. The summed E-state index contributed by atoms with van der Waals surface area (Å²) in [5.41, 5.74) is -5.30. The molecule has 0 heterocycles. The Labute approximate surface area is 206 Å². The average Bonchev–Trinajstić information content (AvgIpc) is 3.05. The quantitative estimate of drug-likeness (QED) is 0.0939. The predicted octanol–water partition coefficient (Wildman–Crippen LogP) is 5.13. The second kappa shape index (κ2) is 14.8. The fourth-order valence-corrected chi connectivity index (χ4v) is 4.67. The van der Waals surface area contributed by atoms with E-state index >= 15 is 0 Å². The van der Waals surface area contributed by atoms with Crippen LogP contribution < -0.4 is 0 Å². The molecule has 0 spiro atoms. The molecule has 0 aromatic carbocycles. The number of esters is 1. The molecule has 4 atom stereocenters. The van der Waals surface area contributed by atoms with Crippen LogP contribution in [0.15, 0.2) is 23.5 Å². The van der Waals surface area contributed by atoms with E-state index in [1.165, 1.54) is 19.3 Å². The lowest BCUT2D eigenvalue weighted by molar-refractivity contribution is -0.140. The number of unbranched alkanes of at least 4 members (excludes halogenated alkanes) is 4. The SMILES string of the molecule is CCCC[C@@H](C)C[C@H](O)/C=C/[C@@H]1C(CCCCCCC(=O)OC)=C(OS(=O)(=O)C(F)(F)F)C[C@H]1O. The van der Waals surface area contributed by atoms with Crippen molar-refractivity contribution in [2.45, 2.75) is 102 Å². The molecule has 0 unspecified atom stereocenters. The minimum atomic E-state index is -5.86. The summed E-state index contributed by atoms with van der Waals surface area (Å²) < 4.78 is 70.8. The number of carbonyl (C=O) groups excluding carboxylic acids is 1. The van der Waals surface area contributed by atoms with Crippen LogP contribution in [0.2, 0.25) is 0 Å². The van der Waals surface area contributed by atoms with E-state index < -0.39 is 39.5 Å². The summed E-state index contributed by atoms with van der Waals surface area (Å²) in [7, 11) is -4.56. The lowest BCUT2D eigenvalue weighted by Gasteiger charge is -2.17. The molecule has 2 N–H and O–H groups in total. The Balaban J connectivity index is 2.93. The Hall–Kier alpha value is -1.59. The molecule has 0 amide bonds. The molecule has 0 saturated heterocycles. The number of ether oxygens (including phenoxy) is 1. The van der Waals surface area contributed by atoms with E-state index in [9.17, 15) is 36.6 Å². The fourth-order valence-electron chi connectivity index (χ4n) is 4.13. The third-order valence-electron chi connectivity index (χ3n) is 6.10. The molecular weight excluding hydrogens is 489 g/mol. The van der Waals surface area contributed by atoms with E-state index in [1.807, 2.05) is 6.92 Å². The second-order valence-corrected chi connectivity index (χ2v) is 10.7. The molecule has 35 heavy (non-hydrogen) atoms. The van der Waals surface area contributed by atoms with Crippen LogP contribution in [0.3, 0.4) is 0 Å². The number of carbonyl (C=O) groups is 1. The number of alkyl halides is 3. The van der Waals surface area contributed by atoms with Gasteiger partial charge in [0.25, 0.3) is 0 Å². The molecule has 0 aliphatic heterocycles. The molecule has 0 aromatic rings. The maximum Gasteiger partial charge on any atom is 0.534 e. The van der Waals surface area contributed by atoms with Crippen molar-refractivity contribution >= 4 is 16.1 Å². The number of aliphatic hydroxyl groups excluding tert-OH is 2. The van der Waals surface area contributed by atoms with E-state index in [-0.39, 0.29) is 36.7 Å². The fraction of sp³-hybridized carbons (Fsp3) is 0.792. The molecule has 204 valence electrons. The van der Waals surface area contributed by atoms with Crippen molar-refractivity contribution in [2.75, 3.05) is 7.11 Å². The highest BCUT2D eigenvalue weighted by molar-refractivity contribution is 7.87. The normalized spacial score (nSPS) is 20.9. The standard InChI is InChI=1S/C24H39F3O7S/c1-4-5-10-17(2)15-18(28)13-14-19-20(11-8-6-7-9-12-23(30)33-3)22(16-21(19)29)34-35(31,32)24(25,26)27/h13-14,17-19,21,28-29H,4-12,15-16H2,1-3H3/b14-13+/t17-,18-,19-,21-/m1/s1. The number of halogens is 3. The number of hydrogen-bond donors (Lipinski definition) is 2. The average molecular weight is 529 g/mol. The summed E-state index contributed by atoms with van der Waals surface area (Å²) in [6, 6.07) is 0. The van der Waals surface area contributed by atoms with Crippen molar-refractivity contribution in [3.63, 3.8) is 0 Å². The van der Waals surface area contributed by atoms with Crippen LogP contribution in [0.1, 0.15) is 84.5 Å². The summed E-state index contributed by atoms with van der Waals surface area (Å²) >= 11 is 0. The van der Waals surface area contributed by atoms with Crippen molar-refractivity contribution in [3.8, 4) is 0 Å². The van der Waals surface area contributed by atoms with Gasteiger partial charge in [0.15, 0.2) is 0 Å². The van der Waals surface area contributed by atoms with Gasteiger partial charge in [-0.1, -0.05) is 58.1 Å². The zero-order valence-corrected chi connectivity index (χ0v) is 21.5. The highest BCUT2D eigenvalue weighted by Crippen LogP contribution is 2.40. The highest BCUT2D eigenvalue weighted by atomic mass is 32.2. The van der Waals surface area contributed by atoms with Crippen LogP contribution >= 0.6 is 0 Å². The van der Waals surface area contributed by atoms with Gasteiger partial charge in [-0.2, -0.15) is 21.6 Å². The Morgan fingerprint density at radius 1 is 1.20 bits per heavy atom. The summed E-state index contributed by atoms with van der Waals surface area (Å²) in [6.07, 6.45) is 7.16. The van der Waals surface area contributed by atoms with Gasteiger partial charge in [-0.3, -0.25) is 4.79 Å². The first-order chi connectivity index (χ1) is 16.3. The van der Waals surface area contributed by atoms with E-state index in [4.69, 9.17) is 0 Å². The van der Waals surface area contributed by atoms with Gasteiger partial charge in [-0.25, -0.2) is 0 Å². The lowest BCUT2D eigenvalue weighted by Crippen LogP contribution is -2.25. The summed E-state index contributed by atoms with van der Waals surface area (Å²) in [5, 5.41) is 20.8. The van der Waals surface area contributed by atoms with Gasteiger partial charge in [-0.05, 0) is 37.2 Å². The van der Waals surface area contributed by atoms with Gasteiger partial charge in [0.2, 0.25) is 0 Å². The van der Waals surface area contributed by atoms with E-state index in [0.717, 1.165) is 19.3 Å². The first-order valence-corrected chi connectivity index (χ1v) is 13.6. The maximum atomic E-state index is 12.9. The van der Waals surface area contributed by atoms with Crippen LogP contribution in [-0.4, -0.2) is 49.4 Å². The minimum absolute atomic E-state index is 0.218. The van der Waals surface area contributed by atoms with Crippen molar-refractivity contribution in [2.24, 2.45) is 11.8 Å². The van der Waals surface area contributed by atoms with E-state index in [1.54, 1.807) is 0 Å². The largest absolute Gasteiger partial charge is 0.534 e. The van der Waals surface area contributed by atoms with Crippen LogP contribution in [0, 0.1) is 11.8 Å². The molecule has 7 nitrogen and oxygen atoms in total. The topological polar surface area (TPSA) is 110 Å². The highest BCUT2D eigenvalue weighted by Gasteiger charge is 2.50. The van der Waals surface area contributed by atoms with Crippen molar-refractivity contribution in [1.29, 1.82) is 0 Å². The lowest BCUT2D eigenvalue weighted by atomic mass is 9.92. The molecule has 0 saturated carbocycles. The first kappa shape index (κ1) is 31.4. The summed E-state index contributed by atoms with van der Waals surface area (Å²) in [4.78, 5) is 11.2. The third kappa shape index (κ3) is 10.9. The molecule has 11 heteroatoms. The Morgan fingerprint density at radius 3 is 2.46 bits per heavy atom. The monoisotopic (exact) mass is 528 g/mol. The third-order valence-corrected chi connectivity index (χ3v) is 7.09. The maximum absolute atomic E-state index is 12.9. The zero-order chi connectivity index (χ0) is 26.6. The van der Waals surface area contributed by atoms with E-state index in [0.29, 0.717) is 32.1 Å². The van der Waals surface area contributed by atoms with Gasteiger partial charge in [0.1, 0.15) is 5.76 Å². The summed E-state index contributed by atoms with van der Waals surface area (Å²) in [6.45, 7) is 4.10. The van der Waals surface area contributed by atoms with Gasteiger partial charge in [0, 0.05) is 18.8 Å². The zero-order valence-electron chi connectivity index (χ0n) is 20.7. The molecule has 0 radical (unpaired) electrons. The van der Waals surface area contributed by atoms with Crippen molar-refractivity contribution in [3.05, 3.63) is 23.5 Å². The molecule has 0 bridgehead atoms. The van der Waals surface area contributed by atoms with Crippen LogP contribution in [-0.2, 0) is 23.8 Å². The van der Waals surface area contributed by atoms with Crippen LogP contribution in [0.25, 0.3) is 0 Å².